The summed E-state index contributed by atoms with van der Waals surface area (Å²) in [5, 5.41) is 11.2. The Kier molecular flexibility index (Phi) is 6.73. The Morgan fingerprint density at radius 2 is 1.64 bits per heavy atom. The molecule has 2 aromatic rings. The number of hydrogen-bond donors (Lipinski definition) is 2. The van der Waals surface area contributed by atoms with Gasteiger partial charge in [-0.05, 0) is 42.5 Å². The molecule has 0 aliphatic rings. The number of carbonyl (C=O) groups is 2. The molecule has 2 rings (SSSR count). The first-order valence-corrected chi connectivity index (χ1v) is 8.24. The molecule has 0 aliphatic heterocycles. The van der Waals surface area contributed by atoms with E-state index in [9.17, 15) is 9.59 Å². The summed E-state index contributed by atoms with van der Waals surface area (Å²) >= 11 is 0. The summed E-state index contributed by atoms with van der Waals surface area (Å²) in [7, 11) is 0. The zero-order valence-corrected chi connectivity index (χ0v) is 13.9. The first-order chi connectivity index (χ1) is 12.1. The third-order valence-electron chi connectivity index (χ3n) is 3.93. The van der Waals surface area contributed by atoms with E-state index in [1.54, 1.807) is 12.1 Å². The second-order valence-electron chi connectivity index (χ2n) is 5.78. The highest BCUT2D eigenvalue weighted by atomic mass is 16.2. The molecule has 5 nitrogen and oxygen atoms in total. The first kappa shape index (κ1) is 18.2. The van der Waals surface area contributed by atoms with E-state index in [1.165, 1.54) is 0 Å². The molecule has 3 N–H and O–H groups in total. The third kappa shape index (κ3) is 5.47. The molecule has 2 amide bonds. The van der Waals surface area contributed by atoms with Crippen molar-refractivity contribution in [1.29, 1.82) is 5.26 Å². The van der Waals surface area contributed by atoms with Crippen LogP contribution in [0.1, 0.15) is 36.0 Å². The second-order valence-corrected chi connectivity index (χ2v) is 5.78. The molecule has 0 aromatic heterocycles. The molecule has 0 saturated heterocycles. The van der Waals surface area contributed by atoms with Gasteiger partial charge < -0.3 is 11.1 Å². The van der Waals surface area contributed by atoms with Crippen LogP contribution in [-0.2, 0) is 4.79 Å². The van der Waals surface area contributed by atoms with Gasteiger partial charge in [0.2, 0.25) is 5.91 Å². The maximum absolute atomic E-state index is 12.3. The fourth-order valence-electron chi connectivity index (χ4n) is 2.52. The van der Waals surface area contributed by atoms with Crippen molar-refractivity contribution < 1.29 is 9.59 Å². The monoisotopic (exact) mass is 335 g/mol. The van der Waals surface area contributed by atoms with Crippen LogP contribution in [0.3, 0.4) is 0 Å². The van der Waals surface area contributed by atoms with Gasteiger partial charge in [0.05, 0.1) is 6.07 Å². The number of hydrogen-bond acceptors (Lipinski definition) is 3. The Morgan fingerprint density at radius 1 is 1.00 bits per heavy atom. The zero-order valence-electron chi connectivity index (χ0n) is 13.9. The first-order valence-electron chi connectivity index (χ1n) is 8.24. The Hall–Kier alpha value is -3.13. The molecule has 5 heteroatoms. The van der Waals surface area contributed by atoms with Crippen molar-refractivity contribution in [2.75, 3.05) is 0 Å². The molecule has 0 bridgehead atoms. The molecule has 0 radical (unpaired) electrons. The fraction of sp³-hybridized carbons (Fsp3) is 0.250. The Balaban J connectivity index is 1.99. The van der Waals surface area contributed by atoms with Crippen LogP contribution in [0.4, 0.5) is 0 Å². The van der Waals surface area contributed by atoms with Crippen molar-refractivity contribution in [3.63, 3.8) is 0 Å². The van der Waals surface area contributed by atoms with Gasteiger partial charge in [0.25, 0.3) is 5.91 Å². The number of primary amides is 1. The summed E-state index contributed by atoms with van der Waals surface area (Å²) < 4.78 is 0. The largest absolute Gasteiger partial charge is 0.368 e. The molecule has 0 saturated carbocycles. The summed E-state index contributed by atoms with van der Waals surface area (Å²) in [5.74, 6) is -0.894. The molecule has 0 fully saturated rings. The number of nitrogens with zero attached hydrogens (tertiary/aromatic N) is 1. The molecule has 128 valence electrons. The lowest BCUT2D eigenvalue weighted by atomic mass is 10.0. The minimum atomic E-state index is -0.722. The predicted octanol–water partition coefficient (Wildman–Crippen LogP) is 3.02. The van der Waals surface area contributed by atoms with Gasteiger partial charge in [-0.2, -0.15) is 5.26 Å². The highest BCUT2D eigenvalue weighted by Gasteiger charge is 2.18. The molecule has 0 heterocycles. The lowest BCUT2D eigenvalue weighted by Crippen LogP contribution is -2.44. The van der Waals surface area contributed by atoms with Crippen LogP contribution < -0.4 is 11.1 Å². The molecule has 0 unspecified atom stereocenters. The molecule has 0 spiro atoms. The normalized spacial score (nSPS) is 11.3. The molecule has 0 aliphatic carbocycles. The summed E-state index contributed by atoms with van der Waals surface area (Å²) in [5.41, 5.74) is 7.92. The van der Waals surface area contributed by atoms with E-state index in [1.807, 2.05) is 42.5 Å². The fourth-order valence-corrected chi connectivity index (χ4v) is 2.52. The van der Waals surface area contributed by atoms with Gasteiger partial charge in [-0.25, -0.2) is 0 Å². The summed E-state index contributed by atoms with van der Waals surface area (Å²) in [4.78, 5) is 23.8. The minimum absolute atomic E-state index is 0.330. The van der Waals surface area contributed by atoms with Crippen LogP contribution >= 0.6 is 0 Å². The molecule has 2 aromatic carbocycles. The van der Waals surface area contributed by atoms with E-state index in [4.69, 9.17) is 11.0 Å². The Labute approximate surface area is 147 Å². The van der Waals surface area contributed by atoms with Gasteiger partial charge in [-0.15, -0.1) is 0 Å². The average molecular weight is 335 g/mol. The smallest absolute Gasteiger partial charge is 0.251 e. The number of carbonyl (C=O) groups excluding carboxylic acids is 2. The quantitative estimate of drug-likeness (QED) is 0.726. The highest BCUT2D eigenvalue weighted by molar-refractivity contribution is 5.97. The number of unbranched alkanes of at least 4 members (excludes halogenated alkanes) is 2. The van der Waals surface area contributed by atoms with E-state index in [-0.39, 0.29) is 5.91 Å². The average Bonchev–Trinajstić information content (AvgIpc) is 2.64. The summed E-state index contributed by atoms with van der Waals surface area (Å²) in [6.45, 7) is 0. The number of amides is 2. The third-order valence-corrected chi connectivity index (χ3v) is 3.93. The van der Waals surface area contributed by atoms with E-state index in [0.29, 0.717) is 31.2 Å². The minimum Gasteiger partial charge on any atom is -0.368 e. The van der Waals surface area contributed by atoms with Crippen molar-refractivity contribution in [2.45, 2.75) is 31.7 Å². The van der Waals surface area contributed by atoms with Crippen molar-refractivity contribution in [1.82, 2.24) is 5.32 Å². The summed E-state index contributed by atoms with van der Waals surface area (Å²) in [6, 6.07) is 18.4. The molecular formula is C20H21N3O2. The number of nitriles is 1. The van der Waals surface area contributed by atoms with E-state index < -0.39 is 11.9 Å². The Morgan fingerprint density at radius 3 is 2.24 bits per heavy atom. The van der Waals surface area contributed by atoms with Crippen LogP contribution in [-0.4, -0.2) is 17.9 Å². The van der Waals surface area contributed by atoms with Crippen LogP contribution in [0.15, 0.2) is 54.6 Å². The van der Waals surface area contributed by atoms with E-state index in [2.05, 4.69) is 11.4 Å². The lowest BCUT2D eigenvalue weighted by molar-refractivity contribution is -0.120. The van der Waals surface area contributed by atoms with Gasteiger partial charge in [0.15, 0.2) is 0 Å². The number of nitrogens with two attached hydrogens (primary N) is 1. The maximum Gasteiger partial charge on any atom is 0.251 e. The van der Waals surface area contributed by atoms with Crippen molar-refractivity contribution >= 4 is 11.8 Å². The van der Waals surface area contributed by atoms with Gasteiger partial charge in [0, 0.05) is 12.0 Å². The number of rotatable bonds is 8. The number of benzene rings is 2. The topological polar surface area (TPSA) is 96.0 Å². The maximum atomic E-state index is 12.3. The zero-order chi connectivity index (χ0) is 18.1. The van der Waals surface area contributed by atoms with Gasteiger partial charge in [-0.3, -0.25) is 9.59 Å². The standard InChI is InChI=1S/C20H21N3O2/c21-14-6-2-5-9-18(19(22)24)23-20(25)17-12-10-16(11-13-17)15-7-3-1-4-8-15/h1,3-4,7-8,10-13,18H,2,5-6,9H2,(H2,22,24)(H,23,25)/t18-/m1/s1. The Bertz CT molecular complexity index is 749. The predicted molar refractivity (Wildman–Crippen MR) is 96.4 cm³/mol. The van der Waals surface area contributed by atoms with E-state index in [0.717, 1.165) is 11.1 Å². The number of nitrogens with one attached hydrogen (secondary N) is 1. The van der Waals surface area contributed by atoms with Crippen LogP contribution in [0.2, 0.25) is 0 Å². The van der Waals surface area contributed by atoms with E-state index >= 15 is 0 Å². The molecule has 25 heavy (non-hydrogen) atoms. The van der Waals surface area contributed by atoms with Crippen molar-refractivity contribution in [3.05, 3.63) is 60.2 Å². The van der Waals surface area contributed by atoms with Gasteiger partial charge in [-0.1, -0.05) is 42.5 Å². The van der Waals surface area contributed by atoms with Crippen molar-refractivity contribution in [3.8, 4) is 17.2 Å². The van der Waals surface area contributed by atoms with Crippen LogP contribution in [0, 0.1) is 11.3 Å². The SMILES string of the molecule is N#CCCCC[C@@H](NC(=O)c1ccc(-c2ccccc2)cc1)C(N)=O. The van der Waals surface area contributed by atoms with Gasteiger partial charge in [0.1, 0.15) is 6.04 Å². The summed E-state index contributed by atoms with van der Waals surface area (Å²) in [6.07, 6.45) is 2.21. The molecular weight excluding hydrogens is 314 g/mol. The van der Waals surface area contributed by atoms with Crippen LogP contribution in [0.5, 0.6) is 0 Å². The second kappa shape index (κ2) is 9.24. The molecule has 1 atom stereocenters. The van der Waals surface area contributed by atoms with Gasteiger partial charge >= 0.3 is 0 Å². The van der Waals surface area contributed by atoms with Crippen molar-refractivity contribution in [2.24, 2.45) is 5.73 Å². The van der Waals surface area contributed by atoms with Crippen LogP contribution in [0.25, 0.3) is 11.1 Å². The lowest BCUT2D eigenvalue weighted by Gasteiger charge is -2.15. The highest BCUT2D eigenvalue weighted by Crippen LogP contribution is 2.19.